The molecule has 2 nitrogen and oxygen atoms in total. The molecule has 0 aliphatic carbocycles. The predicted octanol–water partition coefficient (Wildman–Crippen LogP) is 3.15. The van der Waals surface area contributed by atoms with Gasteiger partial charge in [-0.05, 0) is 11.6 Å². The van der Waals surface area contributed by atoms with Gasteiger partial charge in [0.15, 0.2) is 0 Å². The standard InChI is InChI=1S/C12H13ClN2/c1-2-12-14-7-8-15(12)9-10-5-3-4-6-11(10)13/h3-8H,2,9H2,1H3. The number of hydrogen-bond acceptors (Lipinski definition) is 1. The molecule has 2 rings (SSSR count). The number of imidazole rings is 1. The lowest BCUT2D eigenvalue weighted by molar-refractivity contribution is 0.732. The molecule has 15 heavy (non-hydrogen) atoms. The summed E-state index contributed by atoms with van der Waals surface area (Å²) in [6.45, 7) is 2.90. The zero-order valence-electron chi connectivity index (χ0n) is 8.65. The average molecular weight is 221 g/mol. The van der Waals surface area contributed by atoms with Crippen molar-refractivity contribution in [3.8, 4) is 0 Å². The Hall–Kier alpha value is -1.28. The van der Waals surface area contributed by atoms with Crippen LogP contribution < -0.4 is 0 Å². The van der Waals surface area contributed by atoms with Crippen LogP contribution in [0.5, 0.6) is 0 Å². The van der Waals surface area contributed by atoms with E-state index in [0.717, 1.165) is 29.4 Å². The quantitative estimate of drug-likeness (QED) is 0.777. The SMILES string of the molecule is CCc1nccn1Cc1ccccc1Cl. The van der Waals surface area contributed by atoms with Gasteiger partial charge in [-0.3, -0.25) is 0 Å². The van der Waals surface area contributed by atoms with E-state index in [4.69, 9.17) is 11.6 Å². The first kappa shape index (κ1) is 10.2. The summed E-state index contributed by atoms with van der Waals surface area (Å²) in [5.74, 6) is 1.09. The van der Waals surface area contributed by atoms with Crippen molar-refractivity contribution in [1.82, 2.24) is 9.55 Å². The number of benzene rings is 1. The molecule has 0 aliphatic rings. The van der Waals surface area contributed by atoms with E-state index >= 15 is 0 Å². The first-order chi connectivity index (χ1) is 7.31. The third-order valence-corrected chi connectivity index (χ3v) is 2.79. The van der Waals surface area contributed by atoms with Crippen molar-refractivity contribution in [3.05, 3.63) is 53.1 Å². The van der Waals surface area contributed by atoms with Crippen LogP contribution in [0.4, 0.5) is 0 Å². The molecule has 1 aromatic heterocycles. The van der Waals surface area contributed by atoms with E-state index in [-0.39, 0.29) is 0 Å². The predicted molar refractivity (Wildman–Crippen MR) is 62.2 cm³/mol. The summed E-state index contributed by atoms with van der Waals surface area (Å²) in [5.41, 5.74) is 1.13. The van der Waals surface area contributed by atoms with Crippen LogP contribution in [0.15, 0.2) is 36.7 Å². The molecule has 1 heterocycles. The van der Waals surface area contributed by atoms with E-state index in [0.29, 0.717) is 0 Å². The molecule has 0 saturated carbocycles. The van der Waals surface area contributed by atoms with Crippen molar-refractivity contribution in [2.24, 2.45) is 0 Å². The summed E-state index contributed by atoms with van der Waals surface area (Å²) in [6, 6.07) is 7.91. The molecule has 3 heteroatoms. The summed E-state index contributed by atoms with van der Waals surface area (Å²) in [4.78, 5) is 4.28. The van der Waals surface area contributed by atoms with E-state index in [1.54, 1.807) is 0 Å². The van der Waals surface area contributed by atoms with Crippen LogP contribution in [0, 0.1) is 0 Å². The van der Waals surface area contributed by atoms with Gasteiger partial charge in [0, 0.05) is 23.8 Å². The number of halogens is 1. The first-order valence-corrected chi connectivity index (χ1v) is 5.42. The maximum absolute atomic E-state index is 6.10. The minimum absolute atomic E-state index is 0.794. The maximum Gasteiger partial charge on any atom is 0.108 e. The van der Waals surface area contributed by atoms with Gasteiger partial charge in [-0.25, -0.2) is 4.98 Å². The number of rotatable bonds is 3. The fourth-order valence-corrected chi connectivity index (χ4v) is 1.80. The molecule has 0 atom stereocenters. The Morgan fingerprint density at radius 1 is 1.33 bits per heavy atom. The molecule has 0 radical (unpaired) electrons. The van der Waals surface area contributed by atoms with Crippen molar-refractivity contribution in [2.45, 2.75) is 19.9 Å². The van der Waals surface area contributed by atoms with Crippen molar-refractivity contribution < 1.29 is 0 Å². The van der Waals surface area contributed by atoms with Crippen molar-refractivity contribution >= 4 is 11.6 Å². The minimum atomic E-state index is 0.794. The van der Waals surface area contributed by atoms with Crippen molar-refractivity contribution in [2.75, 3.05) is 0 Å². The Morgan fingerprint density at radius 2 is 2.13 bits per heavy atom. The molecular weight excluding hydrogens is 208 g/mol. The molecule has 0 N–H and O–H groups in total. The van der Waals surface area contributed by atoms with E-state index in [1.165, 1.54) is 0 Å². The average Bonchev–Trinajstić information content (AvgIpc) is 2.69. The fraction of sp³-hybridized carbons (Fsp3) is 0.250. The highest BCUT2D eigenvalue weighted by atomic mass is 35.5. The lowest BCUT2D eigenvalue weighted by Crippen LogP contribution is -2.03. The minimum Gasteiger partial charge on any atom is -0.330 e. The molecule has 0 fully saturated rings. The van der Waals surface area contributed by atoms with Crippen LogP contribution in [-0.4, -0.2) is 9.55 Å². The monoisotopic (exact) mass is 220 g/mol. The normalized spacial score (nSPS) is 10.5. The molecule has 0 amide bonds. The molecule has 0 spiro atoms. The van der Waals surface area contributed by atoms with Crippen LogP contribution in [0.1, 0.15) is 18.3 Å². The van der Waals surface area contributed by atoms with Gasteiger partial charge in [-0.1, -0.05) is 36.7 Å². The van der Waals surface area contributed by atoms with E-state index in [1.807, 2.05) is 36.7 Å². The van der Waals surface area contributed by atoms with Gasteiger partial charge in [0.25, 0.3) is 0 Å². The Bertz CT molecular complexity index is 448. The Morgan fingerprint density at radius 3 is 2.87 bits per heavy atom. The molecular formula is C12H13ClN2. The van der Waals surface area contributed by atoms with Crippen molar-refractivity contribution in [3.63, 3.8) is 0 Å². The number of nitrogens with zero attached hydrogens (tertiary/aromatic N) is 2. The zero-order chi connectivity index (χ0) is 10.7. The van der Waals surface area contributed by atoms with Gasteiger partial charge in [0.2, 0.25) is 0 Å². The highest BCUT2D eigenvalue weighted by molar-refractivity contribution is 6.31. The summed E-state index contributed by atoms with van der Waals surface area (Å²) < 4.78 is 2.13. The van der Waals surface area contributed by atoms with Crippen LogP contribution >= 0.6 is 11.6 Å². The van der Waals surface area contributed by atoms with E-state index in [2.05, 4.69) is 16.5 Å². The summed E-state index contributed by atoms with van der Waals surface area (Å²) >= 11 is 6.10. The molecule has 0 saturated heterocycles. The maximum atomic E-state index is 6.10. The van der Waals surface area contributed by atoms with Gasteiger partial charge in [-0.15, -0.1) is 0 Å². The highest BCUT2D eigenvalue weighted by Crippen LogP contribution is 2.16. The third-order valence-electron chi connectivity index (χ3n) is 2.42. The van der Waals surface area contributed by atoms with Crippen LogP contribution in [0.3, 0.4) is 0 Å². The smallest absolute Gasteiger partial charge is 0.108 e. The number of aromatic nitrogens is 2. The largest absolute Gasteiger partial charge is 0.330 e. The molecule has 2 aromatic rings. The van der Waals surface area contributed by atoms with Gasteiger partial charge >= 0.3 is 0 Å². The van der Waals surface area contributed by atoms with Crippen LogP contribution in [0.2, 0.25) is 5.02 Å². The second kappa shape index (κ2) is 4.49. The zero-order valence-corrected chi connectivity index (χ0v) is 9.41. The lowest BCUT2D eigenvalue weighted by Gasteiger charge is -2.07. The molecule has 0 unspecified atom stereocenters. The van der Waals surface area contributed by atoms with E-state index < -0.39 is 0 Å². The number of hydrogen-bond donors (Lipinski definition) is 0. The number of aryl methyl sites for hydroxylation is 1. The van der Waals surface area contributed by atoms with Gasteiger partial charge in [0.05, 0.1) is 6.54 Å². The molecule has 0 bridgehead atoms. The van der Waals surface area contributed by atoms with Crippen molar-refractivity contribution in [1.29, 1.82) is 0 Å². The topological polar surface area (TPSA) is 17.8 Å². The summed E-state index contributed by atoms with van der Waals surface area (Å²) in [5, 5.41) is 0.813. The van der Waals surface area contributed by atoms with Crippen LogP contribution in [-0.2, 0) is 13.0 Å². The third kappa shape index (κ3) is 2.21. The Balaban J connectivity index is 2.26. The molecule has 78 valence electrons. The summed E-state index contributed by atoms with van der Waals surface area (Å²) in [6.07, 6.45) is 4.76. The highest BCUT2D eigenvalue weighted by Gasteiger charge is 2.03. The first-order valence-electron chi connectivity index (χ1n) is 5.04. The second-order valence-electron chi connectivity index (χ2n) is 3.42. The molecule has 1 aromatic carbocycles. The Kier molecular flexibility index (Phi) is 3.07. The molecule has 0 aliphatic heterocycles. The van der Waals surface area contributed by atoms with Crippen LogP contribution in [0.25, 0.3) is 0 Å². The lowest BCUT2D eigenvalue weighted by atomic mass is 10.2. The Labute approximate surface area is 94.5 Å². The summed E-state index contributed by atoms with van der Waals surface area (Å²) in [7, 11) is 0. The second-order valence-corrected chi connectivity index (χ2v) is 3.82. The van der Waals surface area contributed by atoms with E-state index in [9.17, 15) is 0 Å². The van der Waals surface area contributed by atoms with Gasteiger partial charge < -0.3 is 4.57 Å². The van der Waals surface area contributed by atoms with Gasteiger partial charge in [-0.2, -0.15) is 0 Å². The van der Waals surface area contributed by atoms with Gasteiger partial charge in [0.1, 0.15) is 5.82 Å². The fourth-order valence-electron chi connectivity index (χ4n) is 1.61.